The molecule has 0 radical (unpaired) electrons. The van der Waals surface area contributed by atoms with Gasteiger partial charge < -0.3 is 16.2 Å². The van der Waals surface area contributed by atoms with Crippen molar-refractivity contribution in [1.29, 1.82) is 0 Å². The highest BCUT2D eigenvalue weighted by molar-refractivity contribution is 6.30. The highest BCUT2D eigenvalue weighted by Crippen LogP contribution is 2.27. The van der Waals surface area contributed by atoms with Gasteiger partial charge in [0.05, 0.1) is 17.8 Å². The van der Waals surface area contributed by atoms with Crippen LogP contribution in [0.4, 0.5) is 17.1 Å². The molecule has 0 spiro atoms. The molecule has 4 nitrogen and oxygen atoms in total. The quantitative estimate of drug-likeness (QED) is 0.749. The van der Waals surface area contributed by atoms with Crippen molar-refractivity contribution in [2.75, 3.05) is 11.1 Å². The maximum Gasteiger partial charge on any atom is 0.307 e. The Hall–Kier alpha value is -2.20. The summed E-state index contributed by atoms with van der Waals surface area (Å²) in [5, 5.41) is 12.6. The van der Waals surface area contributed by atoms with Crippen LogP contribution in [0.3, 0.4) is 0 Å². The molecular weight excluding hydrogens is 264 g/mol. The Bertz CT molecular complexity index is 597. The van der Waals surface area contributed by atoms with Crippen molar-refractivity contribution in [1.82, 2.24) is 0 Å². The highest BCUT2D eigenvalue weighted by Gasteiger charge is 2.08. The summed E-state index contributed by atoms with van der Waals surface area (Å²) in [4.78, 5) is 10.7. The van der Waals surface area contributed by atoms with Crippen molar-refractivity contribution < 1.29 is 9.90 Å². The zero-order valence-corrected chi connectivity index (χ0v) is 10.8. The SMILES string of the molecule is Nc1c(CC(=O)O)cccc1Nc1ccc(Cl)cc1. The molecule has 0 aliphatic heterocycles. The number of carbonyl (C=O) groups is 1. The van der Waals surface area contributed by atoms with Crippen LogP contribution in [0.25, 0.3) is 0 Å². The predicted molar refractivity (Wildman–Crippen MR) is 76.9 cm³/mol. The number of carboxylic acid groups (broad SMARTS) is 1. The largest absolute Gasteiger partial charge is 0.481 e. The first kappa shape index (κ1) is 13.2. The van der Waals surface area contributed by atoms with E-state index in [2.05, 4.69) is 5.32 Å². The van der Waals surface area contributed by atoms with E-state index in [1.165, 1.54) is 0 Å². The van der Waals surface area contributed by atoms with Gasteiger partial charge in [-0.15, -0.1) is 0 Å². The first-order valence-electron chi connectivity index (χ1n) is 5.68. The van der Waals surface area contributed by atoms with E-state index in [0.717, 1.165) is 5.69 Å². The van der Waals surface area contributed by atoms with Gasteiger partial charge in [0.1, 0.15) is 0 Å². The molecule has 5 heteroatoms. The molecule has 2 aromatic carbocycles. The van der Waals surface area contributed by atoms with Crippen LogP contribution in [0.15, 0.2) is 42.5 Å². The fourth-order valence-corrected chi connectivity index (χ4v) is 1.85. The second kappa shape index (κ2) is 5.63. The number of anilines is 3. The van der Waals surface area contributed by atoms with Crippen LogP contribution in [0.1, 0.15) is 5.56 Å². The Morgan fingerprint density at radius 1 is 1.21 bits per heavy atom. The number of nitrogens with two attached hydrogens (primary N) is 1. The molecule has 98 valence electrons. The molecule has 0 saturated heterocycles. The summed E-state index contributed by atoms with van der Waals surface area (Å²) >= 11 is 5.81. The minimum atomic E-state index is -0.907. The number of nitrogen functional groups attached to an aromatic ring is 1. The van der Waals surface area contributed by atoms with E-state index in [1.807, 2.05) is 12.1 Å². The third kappa shape index (κ3) is 3.39. The average molecular weight is 277 g/mol. The molecule has 19 heavy (non-hydrogen) atoms. The second-order valence-corrected chi connectivity index (χ2v) is 4.52. The van der Waals surface area contributed by atoms with Crippen molar-refractivity contribution >= 4 is 34.6 Å². The van der Waals surface area contributed by atoms with Crippen molar-refractivity contribution in [3.05, 3.63) is 53.1 Å². The van der Waals surface area contributed by atoms with Gasteiger partial charge in [0.2, 0.25) is 0 Å². The predicted octanol–water partition coefficient (Wildman–Crippen LogP) is 3.29. The molecule has 4 N–H and O–H groups in total. The Kier molecular flexibility index (Phi) is 3.92. The molecule has 0 aliphatic carbocycles. The number of rotatable bonds is 4. The van der Waals surface area contributed by atoms with Crippen molar-refractivity contribution in [3.8, 4) is 0 Å². The van der Waals surface area contributed by atoms with Gasteiger partial charge in [0, 0.05) is 10.7 Å². The Labute approximate surface area is 115 Å². The van der Waals surface area contributed by atoms with E-state index in [9.17, 15) is 4.79 Å². The summed E-state index contributed by atoms with van der Waals surface area (Å²) in [5.74, 6) is -0.907. The molecule has 0 saturated carbocycles. The van der Waals surface area contributed by atoms with Crippen LogP contribution in [-0.4, -0.2) is 11.1 Å². The highest BCUT2D eigenvalue weighted by atomic mass is 35.5. The lowest BCUT2D eigenvalue weighted by molar-refractivity contribution is -0.136. The molecule has 2 rings (SSSR count). The smallest absolute Gasteiger partial charge is 0.307 e. The van der Waals surface area contributed by atoms with Gasteiger partial charge in [-0.25, -0.2) is 0 Å². The summed E-state index contributed by atoms with van der Waals surface area (Å²) < 4.78 is 0. The normalized spacial score (nSPS) is 10.2. The maximum atomic E-state index is 10.7. The number of aliphatic carboxylic acids is 1. The fraction of sp³-hybridized carbons (Fsp3) is 0.0714. The van der Waals surface area contributed by atoms with Gasteiger partial charge in [-0.1, -0.05) is 23.7 Å². The molecule has 0 amide bonds. The molecule has 0 bridgehead atoms. The van der Waals surface area contributed by atoms with Crippen molar-refractivity contribution in [3.63, 3.8) is 0 Å². The van der Waals surface area contributed by atoms with E-state index in [4.69, 9.17) is 22.4 Å². The summed E-state index contributed by atoms with van der Waals surface area (Å²) in [6, 6.07) is 12.5. The van der Waals surface area contributed by atoms with E-state index in [0.29, 0.717) is 22.0 Å². The summed E-state index contributed by atoms with van der Waals surface area (Å²) in [6.45, 7) is 0. The third-order valence-electron chi connectivity index (χ3n) is 2.66. The fourth-order valence-electron chi connectivity index (χ4n) is 1.73. The van der Waals surface area contributed by atoms with Gasteiger partial charge in [0.15, 0.2) is 0 Å². The topological polar surface area (TPSA) is 75.4 Å². The number of para-hydroxylation sites is 1. The number of hydrogen-bond donors (Lipinski definition) is 3. The molecule has 0 fully saturated rings. The van der Waals surface area contributed by atoms with Gasteiger partial charge in [-0.2, -0.15) is 0 Å². The van der Waals surface area contributed by atoms with E-state index in [1.54, 1.807) is 30.3 Å². The van der Waals surface area contributed by atoms with Crippen LogP contribution in [-0.2, 0) is 11.2 Å². The van der Waals surface area contributed by atoms with Crippen molar-refractivity contribution in [2.24, 2.45) is 0 Å². The molecule has 0 atom stereocenters. The van der Waals surface area contributed by atoms with Gasteiger partial charge >= 0.3 is 5.97 Å². The van der Waals surface area contributed by atoms with E-state index in [-0.39, 0.29) is 6.42 Å². The minimum absolute atomic E-state index is 0.0953. The first-order valence-corrected chi connectivity index (χ1v) is 6.06. The van der Waals surface area contributed by atoms with Gasteiger partial charge in [0.25, 0.3) is 0 Å². The maximum absolute atomic E-state index is 10.7. The van der Waals surface area contributed by atoms with Gasteiger partial charge in [-0.3, -0.25) is 4.79 Å². The first-order chi connectivity index (χ1) is 9.06. The zero-order chi connectivity index (χ0) is 13.8. The van der Waals surface area contributed by atoms with Crippen LogP contribution < -0.4 is 11.1 Å². The van der Waals surface area contributed by atoms with E-state index < -0.39 is 5.97 Å². The monoisotopic (exact) mass is 276 g/mol. The minimum Gasteiger partial charge on any atom is -0.481 e. The van der Waals surface area contributed by atoms with E-state index >= 15 is 0 Å². The molecular formula is C14H13ClN2O2. The molecule has 0 aliphatic rings. The second-order valence-electron chi connectivity index (χ2n) is 4.08. The lowest BCUT2D eigenvalue weighted by atomic mass is 10.1. The van der Waals surface area contributed by atoms with Gasteiger partial charge in [-0.05, 0) is 35.9 Å². The molecule has 0 unspecified atom stereocenters. The number of benzene rings is 2. The molecule has 0 heterocycles. The molecule has 2 aromatic rings. The Morgan fingerprint density at radius 2 is 1.89 bits per heavy atom. The number of hydrogen-bond acceptors (Lipinski definition) is 3. The number of halogens is 1. The van der Waals surface area contributed by atoms with Crippen LogP contribution >= 0.6 is 11.6 Å². The van der Waals surface area contributed by atoms with Crippen LogP contribution in [0, 0.1) is 0 Å². The lowest BCUT2D eigenvalue weighted by Gasteiger charge is -2.12. The number of carboxylic acids is 1. The number of nitrogens with one attached hydrogen (secondary N) is 1. The summed E-state index contributed by atoms with van der Waals surface area (Å²) in [6.07, 6.45) is -0.0953. The lowest BCUT2D eigenvalue weighted by Crippen LogP contribution is -2.05. The molecule has 0 aromatic heterocycles. The Morgan fingerprint density at radius 3 is 2.53 bits per heavy atom. The van der Waals surface area contributed by atoms with Crippen LogP contribution in [0.2, 0.25) is 5.02 Å². The summed E-state index contributed by atoms with van der Waals surface area (Å²) in [7, 11) is 0. The standard InChI is InChI=1S/C14H13ClN2O2/c15-10-4-6-11(7-5-10)17-12-3-1-2-9(14(12)16)8-13(18)19/h1-7,17H,8,16H2,(H,18,19). The third-order valence-corrected chi connectivity index (χ3v) is 2.91. The zero-order valence-electron chi connectivity index (χ0n) is 10.1. The average Bonchev–Trinajstić information content (AvgIpc) is 2.36. The summed E-state index contributed by atoms with van der Waals surface area (Å²) in [5.41, 5.74) is 8.51. The van der Waals surface area contributed by atoms with Crippen LogP contribution in [0.5, 0.6) is 0 Å². The van der Waals surface area contributed by atoms with Crippen molar-refractivity contribution in [2.45, 2.75) is 6.42 Å². The Balaban J connectivity index is 2.25.